The fraction of sp³-hybridized carbons (Fsp3) is 0.310. The first-order valence-electron chi connectivity index (χ1n) is 12.5. The Morgan fingerprint density at radius 3 is 2.29 bits per heavy atom. The second kappa shape index (κ2) is 10.5. The van der Waals surface area contributed by atoms with Crippen LogP contribution in [0, 0.1) is 5.92 Å². The van der Waals surface area contributed by atoms with Crippen molar-refractivity contribution in [1.82, 2.24) is 0 Å². The van der Waals surface area contributed by atoms with Gasteiger partial charge in [-0.15, -0.1) is 11.6 Å². The summed E-state index contributed by atoms with van der Waals surface area (Å²) in [7, 11) is 4.48. The van der Waals surface area contributed by atoms with Gasteiger partial charge in [0.1, 0.15) is 12.7 Å². The number of hydrogen-bond donors (Lipinski definition) is 0. The SMILES string of the molecule is COc1cc([C@@H]2c3cc4c(cc3[C@H](OC(=O)c3ccccc3Cl)[C@H]3COC(=O)[C@@]23Cl)OCO4)c(Br)c(OC)c1OC. The molecule has 0 N–H and O–H groups in total. The molecule has 6 rings (SSSR count). The molecule has 12 heteroatoms. The second-order valence-electron chi connectivity index (χ2n) is 9.59. The number of esters is 2. The van der Waals surface area contributed by atoms with Crippen molar-refractivity contribution in [3.05, 3.63) is 74.2 Å². The molecule has 0 spiro atoms. The molecule has 1 saturated heterocycles. The molecule has 1 aliphatic carbocycles. The lowest BCUT2D eigenvalue weighted by Gasteiger charge is -2.43. The number of alkyl halides is 1. The van der Waals surface area contributed by atoms with Crippen LogP contribution in [-0.4, -0.2) is 51.5 Å². The Morgan fingerprint density at radius 2 is 1.63 bits per heavy atom. The maximum absolute atomic E-state index is 13.6. The van der Waals surface area contributed by atoms with Crippen LogP contribution < -0.4 is 23.7 Å². The van der Waals surface area contributed by atoms with E-state index >= 15 is 0 Å². The number of cyclic esters (lactones) is 1. The number of fused-ring (bicyclic) bond motifs is 3. The lowest BCUT2D eigenvalue weighted by molar-refractivity contribution is -0.140. The van der Waals surface area contributed by atoms with Crippen LogP contribution in [0.1, 0.15) is 39.1 Å². The van der Waals surface area contributed by atoms with Gasteiger partial charge in [0.2, 0.25) is 12.5 Å². The van der Waals surface area contributed by atoms with E-state index in [1.165, 1.54) is 21.3 Å². The third-order valence-corrected chi connectivity index (χ3v) is 9.46. The van der Waals surface area contributed by atoms with Gasteiger partial charge in [-0.1, -0.05) is 23.7 Å². The van der Waals surface area contributed by atoms with Gasteiger partial charge < -0.3 is 33.2 Å². The number of benzene rings is 3. The normalized spacial score (nSPS) is 23.8. The van der Waals surface area contributed by atoms with E-state index in [2.05, 4.69) is 15.9 Å². The van der Waals surface area contributed by atoms with Crippen LogP contribution in [0.4, 0.5) is 0 Å². The Labute approximate surface area is 253 Å². The lowest BCUT2D eigenvalue weighted by atomic mass is 9.65. The smallest absolute Gasteiger partial charge is 0.340 e. The molecule has 214 valence electrons. The maximum Gasteiger partial charge on any atom is 0.340 e. The van der Waals surface area contributed by atoms with Crippen molar-refractivity contribution in [3.63, 3.8) is 0 Å². The van der Waals surface area contributed by atoms with Gasteiger partial charge in [-0.25, -0.2) is 4.79 Å². The summed E-state index contributed by atoms with van der Waals surface area (Å²) >= 11 is 17.3. The quantitative estimate of drug-likeness (QED) is 0.230. The van der Waals surface area contributed by atoms with Crippen LogP contribution in [0.3, 0.4) is 0 Å². The Bertz CT molecular complexity index is 1580. The summed E-state index contributed by atoms with van der Waals surface area (Å²) in [6, 6.07) is 11.8. The van der Waals surface area contributed by atoms with Gasteiger partial charge in [-0.05, 0) is 57.4 Å². The van der Waals surface area contributed by atoms with E-state index in [9.17, 15) is 9.59 Å². The Morgan fingerprint density at radius 1 is 0.951 bits per heavy atom. The predicted molar refractivity (Wildman–Crippen MR) is 151 cm³/mol. The van der Waals surface area contributed by atoms with Crippen molar-refractivity contribution in [2.75, 3.05) is 34.7 Å². The number of ether oxygens (including phenoxy) is 7. The standard InChI is InChI=1S/C29H23BrCl2O9/c1-35-21-10-16(23(30)26(37-3)25(21)36-2)22-14-8-19-20(40-12-39-19)9-15(14)24(17-11-38-28(34)29(17,22)32)41-27(33)13-6-4-5-7-18(13)31/h4-10,17,22,24H,11-12H2,1-3H3/t17-,22+,24+,29+/m1/s1. The van der Waals surface area contributed by atoms with Gasteiger partial charge in [-0.3, -0.25) is 4.79 Å². The Balaban J connectivity index is 1.59. The summed E-state index contributed by atoms with van der Waals surface area (Å²) in [5.74, 6) is -0.949. The molecule has 0 unspecified atom stereocenters. The molecule has 0 radical (unpaired) electrons. The first kappa shape index (κ1) is 27.8. The zero-order chi connectivity index (χ0) is 29.1. The fourth-order valence-electron chi connectivity index (χ4n) is 5.80. The summed E-state index contributed by atoms with van der Waals surface area (Å²) < 4.78 is 40.4. The van der Waals surface area contributed by atoms with E-state index in [0.29, 0.717) is 49.9 Å². The molecule has 0 bridgehead atoms. The van der Waals surface area contributed by atoms with Gasteiger partial charge in [0, 0.05) is 11.5 Å². The van der Waals surface area contributed by atoms with Gasteiger partial charge in [0.15, 0.2) is 27.9 Å². The van der Waals surface area contributed by atoms with Gasteiger partial charge in [-0.2, -0.15) is 0 Å². The molecular weight excluding hydrogens is 643 g/mol. The maximum atomic E-state index is 13.6. The van der Waals surface area contributed by atoms with E-state index in [1.807, 2.05) is 0 Å². The van der Waals surface area contributed by atoms with E-state index in [0.717, 1.165) is 0 Å². The predicted octanol–water partition coefficient (Wildman–Crippen LogP) is 6.05. The minimum absolute atomic E-state index is 0.0122. The third-order valence-electron chi connectivity index (χ3n) is 7.66. The lowest BCUT2D eigenvalue weighted by Crippen LogP contribution is -2.49. The Kier molecular flexibility index (Phi) is 7.12. The van der Waals surface area contributed by atoms with Crippen LogP contribution in [-0.2, 0) is 14.3 Å². The minimum atomic E-state index is -1.70. The molecule has 3 aliphatic rings. The number of hydrogen-bond acceptors (Lipinski definition) is 9. The first-order valence-corrected chi connectivity index (χ1v) is 14.0. The molecule has 2 heterocycles. The highest BCUT2D eigenvalue weighted by atomic mass is 79.9. The highest BCUT2D eigenvalue weighted by Crippen LogP contribution is 2.62. The van der Waals surface area contributed by atoms with Crippen molar-refractivity contribution in [2.45, 2.75) is 16.9 Å². The third kappa shape index (κ3) is 4.18. The zero-order valence-electron chi connectivity index (χ0n) is 22.0. The van der Waals surface area contributed by atoms with Crippen LogP contribution in [0.2, 0.25) is 5.02 Å². The molecule has 1 fully saturated rings. The van der Waals surface area contributed by atoms with Crippen LogP contribution in [0.25, 0.3) is 0 Å². The molecule has 4 atom stereocenters. The molecule has 3 aromatic carbocycles. The number of rotatable bonds is 6. The summed E-state index contributed by atoms with van der Waals surface area (Å²) in [5.41, 5.74) is 1.90. The minimum Gasteiger partial charge on any atom is -0.493 e. The van der Waals surface area contributed by atoms with Gasteiger partial charge in [0.05, 0.1) is 42.3 Å². The van der Waals surface area contributed by atoms with E-state index in [4.69, 9.17) is 56.4 Å². The molecule has 9 nitrogen and oxygen atoms in total. The summed E-state index contributed by atoms with van der Waals surface area (Å²) in [5, 5.41) is 0.231. The average Bonchev–Trinajstić information content (AvgIpc) is 3.55. The number of carbonyl (C=O) groups is 2. The van der Waals surface area contributed by atoms with E-state index in [-0.39, 0.29) is 24.0 Å². The average molecular weight is 666 g/mol. The summed E-state index contributed by atoms with van der Waals surface area (Å²) in [6.45, 7) is -0.0758. The van der Waals surface area contributed by atoms with Crippen molar-refractivity contribution in [3.8, 4) is 28.7 Å². The molecule has 41 heavy (non-hydrogen) atoms. The summed E-state index contributed by atoms with van der Waals surface area (Å²) in [6.07, 6.45) is -0.982. The first-order chi connectivity index (χ1) is 19.7. The Hall–Kier alpha value is -3.34. The van der Waals surface area contributed by atoms with Crippen LogP contribution in [0.5, 0.6) is 28.7 Å². The number of carbonyl (C=O) groups excluding carboxylic acids is 2. The zero-order valence-corrected chi connectivity index (χ0v) is 25.1. The number of halogens is 3. The van der Waals surface area contributed by atoms with Gasteiger partial charge >= 0.3 is 11.9 Å². The molecule has 0 aromatic heterocycles. The second-order valence-corrected chi connectivity index (χ2v) is 11.4. The molecular formula is C29H23BrCl2O9. The molecule has 0 amide bonds. The van der Waals surface area contributed by atoms with E-state index in [1.54, 1.807) is 42.5 Å². The summed E-state index contributed by atoms with van der Waals surface area (Å²) in [4.78, 5) is 25.3. The molecule has 0 saturated carbocycles. The van der Waals surface area contributed by atoms with Crippen molar-refractivity contribution < 1.29 is 42.7 Å². The highest BCUT2D eigenvalue weighted by molar-refractivity contribution is 9.10. The van der Waals surface area contributed by atoms with Crippen LogP contribution in [0.15, 0.2) is 46.9 Å². The van der Waals surface area contributed by atoms with Crippen molar-refractivity contribution >= 4 is 51.1 Å². The molecule has 2 aliphatic heterocycles. The monoisotopic (exact) mass is 664 g/mol. The van der Waals surface area contributed by atoms with Crippen molar-refractivity contribution in [2.24, 2.45) is 5.92 Å². The van der Waals surface area contributed by atoms with Gasteiger partial charge in [0.25, 0.3) is 0 Å². The van der Waals surface area contributed by atoms with Crippen molar-refractivity contribution in [1.29, 1.82) is 0 Å². The number of methoxy groups -OCH3 is 3. The topological polar surface area (TPSA) is 98.8 Å². The molecule has 3 aromatic rings. The van der Waals surface area contributed by atoms with Crippen LogP contribution >= 0.6 is 39.1 Å². The van der Waals surface area contributed by atoms with E-state index < -0.39 is 34.8 Å². The largest absolute Gasteiger partial charge is 0.493 e. The fourth-order valence-corrected chi connectivity index (χ4v) is 7.16. The highest BCUT2D eigenvalue weighted by Gasteiger charge is 2.65.